The summed E-state index contributed by atoms with van der Waals surface area (Å²) < 4.78 is 5.40. The number of nitrogens with zero attached hydrogens (tertiary/aromatic N) is 2. The van der Waals surface area contributed by atoms with Gasteiger partial charge in [0.1, 0.15) is 0 Å². The Balaban J connectivity index is 1.91. The van der Waals surface area contributed by atoms with Gasteiger partial charge in [-0.2, -0.15) is 4.98 Å². The van der Waals surface area contributed by atoms with Crippen LogP contribution in [-0.2, 0) is 5.41 Å². The molecular weight excluding hydrogens is 250 g/mol. The predicted octanol–water partition coefficient (Wildman–Crippen LogP) is 3.34. The van der Waals surface area contributed by atoms with Crippen LogP contribution in [0, 0.1) is 0 Å². The van der Waals surface area contributed by atoms with Crippen molar-refractivity contribution in [3.05, 3.63) is 47.6 Å². The number of rotatable bonds is 5. The molecule has 0 aliphatic heterocycles. The molecule has 1 aromatic carbocycles. The van der Waals surface area contributed by atoms with Crippen molar-refractivity contribution in [3.63, 3.8) is 0 Å². The molecule has 3 rings (SSSR count). The normalized spacial score (nSPS) is 18.5. The van der Waals surface area contributed by atoms with Crippen molar-refractivity contribution >= 4 is 0 Å². The third-order valence-corrected chi connectivity index (χ3v) is 4.32. The number of hydrogen-bond donors (Lipinski definition) is 1. The average Bonchev–Trinajstić information content (AvgIpc) is 2.89. The van der Waals surface area contributed by atoms with Crippen LogP contribution < -0.4 is 5.73 Å². The van der Waals surface area contributed by atoms with Gasteiger partial charge in [0.15, 0.2) is 5.82 Å². The Kier molecular flexibility index (Phi) is 3.57. The van der Waals surface area contributed by atoms with E-state index in [4.69, 9.17) is 10.3 Å². The van der Waals surface area contributed by atoms with Crippen LogP contribution in [0.15, 0.2) is 34.9 Å². The van der Waals surface area contributed by atoms with E-state index in [0.29, 0.717) is 5.89 Å². The van der Waals surface area contributed by atoms with E-state index in [1.54, 1.807) is 0 Å². The molecule has 1 aliphatic rings. The average molecular weight is 271 g/mol. The summed E-state index contributed by atoms with van der Waals surface area (Å²) in [6.07, 6.45) is 5.26. The number of nitrogens with two attached hydrogens (primary N) is 1. The van der Waals surface area contributed by atoms with Gasteiger partial charge < -0.3 is 10.3 Å². The van der Waals surface area contributed by atoms with Crippen LogP contribution in [0.4, 0.5) is 0 Å². The Hall–Kier alpha value is -1.68. The quantitative estimate of drug-likeness (QED) is 0.905. The maximum absolute atomic E-state index is 6.06. The molecule has 0 bridgehead atoms. The van der Waals surface area contributed by atoms with E-state index in [2.05, 4.69) is 41.3 Å². The van der Waals surface area contributed by atoms with Crippen LogP contribution in [-0.4, -0.2) is 10.1 Å². The zero-order valence-corrected chi connectivity index (χ0v) is 11.9. The Morgan fingerprint density at radius 2 is 2.05 bits per heavy atom. The largest absolute Gasteiger partial charge is 0.338 e. The number of aromatic nitrogens is 2. The fourth-order valence-electron chi connectivity index (χ4n) is 2.94. The number of benzene rings is 1. The fourth-order valence-corrected chi connectivity index (χ4v) is 2.94. The summed E-state index contributed by atoms with van der Waals surface area (Å²) in [4.78, 5) is 4.60. The van der Waals surface area contributed by atoms with E-state index < -0.39 is 0 Å². The highest BCUT2D eigenvalue weighted by Crippen LogP contribution is 2.47. The van der Waals surface area contributed by atoms with Crippen molar-refractivity contribution in [2.75, 3.05) is 0 Å². The highest BCUT2D eigenvalue weighted by atomic mass is 16.5. The van der Waals surface area contributed by atoms with E-state index in [9.17, 15) is 0 Å². The first-order valence-electron chi connectivity index (χ1n) is 7.41. The Labute approximate surface area is 119 Å². The van der Waals surface area contributed by atoms with Gasteiger partial charge in [-0.05, 0) is 24.8 Å². The van der Waals surface area contributed by atoms with Crippen molar-refractivity contribution in [3.8, 4) is 0 Å². The van der Waals surface area contributed by atoms with Gasteiger partial charge in [0.25, 0.3) is 0 Å². The SMILES string of the molecule is CCCC(N)c1nc(C2(c3ccccc3)CCC2)no1. The fraction of sp³-hybridized carbons (Fsp3) is 0.500. The van der Waals surface area contributed by atoms with Gasteiger partial charge in [0.2, 0.25) is 5.89 Å². The molecule has 1 heterocycles. The molecular formula is C16H21N3O. The summed E-state index contributed by atoms with van der Waals surface area (Å²) in [5, 5.41) is 4.22. The second-order valence-electron chi connectivity index (χ2n) is 5.65. The Morgan fingerprint density at radius 1 is 1.30 bits per heavy atom. The van der Waals surface area contributed by atoms with Crippen LogP contribution in [0.1, 0.15) is 62.3 Å². The minimum absolute atomic E-state index is 0.0606. The van der Waals surface area contributed by atoms with Crippen LogP contribution in [0.5, 0.6) is 0 Å². The zero-order valence-electron chi connectivity index (χ0n) is 11.9. The minimum Gasteiger partial charge on any atom is -0.338 e. The van der Waals surface area contributed by atoms with Crippen LogP contribution in [0.3, 0.4) is 0 Å². The summed E-state index contributed by atoms with van der Waals surface area (Å²) in [6.45, 7) is 2.11. The van der Waals surface area contributed by atoms with Gasteiger partial charge in [-0.3, -0.25) is 0 Å². The van der Waals surface area contributed by atoms with E-state index in [-0.39, 0.29) is 11.5 Å². The maximum atomic E-state index is 6.06. The first-order valence-corrected chi connectivity index (χ1v) is 7.41. The Bertz CT molecular complexity index is 560. The summed E-state index contributed by atoms with van der Waals surface area (Å²) >= 11 is 0. The minimum atomic E-state index is -0.144. The zero-order chi connectivity index (χ0) is 14.0. The van der Waals surface area contributed by atoms with Crippen molar-refractivity contribution < 1.29 is 4.52 Å². The molecule has 2 aromatic rings. The molecule has 0 amide bonds. The van der Waals surface area contributed by atoms with E-state index >= 15 is 0 Å². The van der Waals surface area contributed by atoms with Crippen molar-refractivity contribution in [1.29, 1.82) is 0 Å². The third-order valence-electron chi connectivity index (χ3n) is 4.32. The van der Waals surface area contributed by atoms with E-state index in [1.165, 1.54) is 12.0 Å². The second kappa shape index (κ2) is 5.37. The first kappa shape index (κ1) is 13.3. The molecule has 1 aliphatic carbocycles. The molecule has 1 atom stereocenters. The van der Waals surface area contributed by atoms with Crippen molar-refractivity contribution in [2.45, 2.75) is 50.5 Å². The highest BCUT2D eigenvalue weighted by Gasteiger charge is 2.44. The van der Waals surface area contributed by atoms with Crippen molar-refractivity contribution in [2.24, 2.45) is 5.73 Å². The molecule has 0 spiro atoms. The molecule has 0 radical (unpaired) electrons. The lowest BCUT2D eigenvalue weighted by molar-refractivity contribution is 0.269. The van der Waals surface area contributed by atoms with Gasteiger partial charge >= 0.3 is 0 Å². The summed E-state index contributed by atoms with van der Waals surface area (Å²) in [7, 11) is 0. The van der Waals surface area contributed by atoms with Gasteiger partial charge in [0, 0.05) is 0 Å². The highest BCUT2D eigenvalue weighted by molar-refractivity contribution is 5.35. The molecule has 1 fully saturated rings. The van der Waals surface area contributed by atoms with E-state index in [0.717, 1.165) is 31.5 Å². The topological polar surface area (TPSA) is 64.9 Å². The van der Waals surface area contributed by atoms with Crippen LogP contribution in [0.25, 0.3) is 0 Å². The molecule has 106 valence electrons. The van der Waals surface area contributed by atoms with Gasteiger partial charge in [-0.25, -0.2) is 0 Å². The smallest absolute Gasteiger partial charge is 0.243 e. The first-order chi connectivity index (χ1) is 9.76. The predicted molar refractivity (Wildman–Crippen MR) is 77.2 cm³/mol. The lowest BCUT2D eigenvalue weighted by atomic mass is 9.64. The molecule has 4 nitrogen and oxygen atoms in total. The third kappa shape index (κ3) is 2.14. The molecule has 2 N–H and O–H groups in total. The van der Waals surface area contributed by atoms with E-state index in [1.807, 2.05) is 6.07 Å². The lowest BCUT2D eigenvalue weighted by Gasteiger charge is -2.39. The number of hydrogen-bond acceptors (Lipinski definition) is 4. The van der Waals surface area contributed by atoms with Crippen LogP contribution >= 0.6 is 0 Å². The van der Waals surface area contributed by atoms with Gasteiger partial charge in [0.05, 0.1) is 11.5 Å². The van der Waals surface area contributed by atoms with Gasteiger partial charge in [-0.1, -0.05) is 55.3 Å². The second-order valence-corrected chi connectivity index (χ2v) is 5.65. The summed E-state index contributed by atoms with van der Waals surface area (Å²) in [5.41, 5.74) is 7.28. The molecule has 0 saturated heterocycles. The Morgan fingerprint density at radius 3 is 2.65 bits per heavy atom. The molecule has 20 heavy (non-hydrogen) atoms. The van der Waals surface area contributed by atoms with Crippen LogP contribution in [0.2, 0.25) is 0 Å². The summed E-state index contributed by atoms with van der Waals surface area (Å²) in [5.74, 6) is 1.38. The summed E-state index contributed by atoms with van der Waals surface area (Å²) in [6, 6.07) is 10.3. The molecule has 1 saturated carbocycles. The molecule has 4 heteroatoms. The van der Waals surface area contributed by atoms with Crippen molar-refractivity contribution in [1.82, 2.24) is 10.1 Å². The standard InChI is InChI=1S/C16H21N3O/c1-2-7-13(17)14-18-15(19-20-14)16(10-6-11-16)12-8-4-3-5-9-12/h3-5,8-9,13H,2,6-7,10-11,17H2,1H3. The lowest BCUT2D eigenvalue weighted by Crippen LogP contribution is -2.36. The molecule has 1 aromatic heterocycles. The molecule has 1 unspecified atom stereocenters. The van der Waals surface area contributed by atoms with Gasteiger partial charge in [-0.15, -0.1) is 0 Å². The maximum Gasteiger partial charge on any atom is 0.243 e. The monoisotopic (exact) mass is 271 g/mol.